The van der Waals surface area contributed by atoms with Crippen molar-refractivity contribution >= 4 is 26.3 Å². The first-order valence-electron chi connectivity index (χ1n) is 9.67. The number of rotatable bonds is 12. The Morgan fingerprint density at radius 3 is 2.10 bits per heavy atom. The predicted molar refractivity (Wildman–Crippen MR) is 118 cm³/mol. The van der Waals surface area contributed by atoms with Crippen LogP contribution in [-0.4, -0.2) is 53.0 Å². The highest BCUT2D eigenvalue weighted by atomic mass is 32.2. The molecule has 1 aromatic rings. The van der Waals surface area contributed by atoms with E-state index in [1.165, 1.54) is 12.1 Å². The van der Waals surface area contributed by atoms with Crippen LogP contribution in [0.3, 0.4) is 0 Å². The van der Waals surface area contributed by atoms with Gasteiger partial charge in [0.2, 0.25) is 0 Å². The monoisotopic (exact) mass is 451 g/mol. The standard InChI is InChI=1S/C21H33F4NOSSi/c1-20(2,3)29(4,5)27-10-19(26-16-21(13-22,14-23)15-24)12-28-11-17-6-8-18(25)9-7-17/h6-9,16,19H,10-15H2,1-5H3. The molecule has 2 nitrogen and oxygen atoms in total. The van der Waals surface area contributed by atoms with Crippen LogP contribution >= 0.6 is 11.8 Å². The Kier molecular flexibility index (Phi) is 10.4. The van der Waals surface area contributed by atoms with E-state index in [2.05, 4.69) is 38.9 Å². The Hall–Kier alpha value is -0.863. The fourth-order valence-corrected chi connectivity index (χ4v) is 4.07. The average Bonchev–Trinajstić information content (AvgIpc) is 2.67. The van der Waals surface area contributed by atoms with Gasteiger partial charge >= 0.3 is 0 Å². The van der Waals surface area contributed by atoms with Gasteiger partial charge in [0, 0.05) is 17.7 Å². The summed E-state index contributed by atoms with van der Waals surface area (Å²) in [7, 11) is -2.02. The SMILES string of the molecule is CC(C)(C)[Si](C)(C)OCC(CSCc1ccc(F)cc1)N=CC(CF)(CF)CF. The third-order valence-electron chi connectivity index (χ3n) is 5.29. The molecule has 0 saturated heterocycles. The number of nitrogens with zero attached hydrogens (tertiary/aromatic N) is 1. The third kappa shape index (κ3) is 8.42. The highest BCUT2D eigenvalue weighted by Gasteiger charge is 2.37. The zero-order valence-electron chi connectivity index (χ0n) is 18.0. The van der Waals surface area contributed by atoms with Gasteiger partial charge in [0.25, 0.3) is 0 Å². The molecular weight excluding hydrogens is 418 g/mol. The maximum atomic E-state index is 13.2. The zero-order valence-corrected chi connectivity index (χ0v) is 19.8. The molecule has 0 aliphatic carbocycles. The summed E-state index contributed by atoms with van der Waals surface area (Å²) >= 11 is 1.57. The molecule has 1 rings (SSSR count). The van der Waals surface area contributed by atoms with Gasteiger partial charge < -0.3 is 4.43 Å². The first-order valence-corrected chi connectivity index (χ1v) is 13.7. The van der Waals surface area contributed by atoms with Crippen LogP contribution in [-0.2, 0) is 10.2 Å². The number of benzene rings is 1. The normalized spacial score (nSPS) is 14.5. The van der Waals surface area contributed by atoms with Crippen LogP contribution in [0.15, 0.2) is 29.3 Å². The van der Waals surface area contributed by atoms with Crippen molar-refractivity contribution < 1.29 is 22.0 Å². The summed E-state index contributed by atoms with van der Waals surface area (Å²) in [5.41, 5.74) is -0.841. The molecule has 0 aliphatic rings. The van der Waals surface area contributed by atoms with E-state index in [-0.39, 0.29) is 16.9 Å². The maximum absolute atomic E-state index is 13.2. The highest BCUT2D eigenvalue weighted by Crippen LogP contribution is 2.36. The van der Waals surface area contributed by atoms with Crippen LogP contribution in [0.1, 0.15) is 26.3 Å². The Morgan fingerprint density at radius 2 is 1.62 bits per heavy atom. The van der Waals surface area contributed by atoms with Gasteiger partial charge in [-0.15, -0.1) is 0 Å². The van der Waals surface area contributed by atoms with Crippen molar-refractivity contribution in [3.05, 3.63) is 35.6 Å². The molecule has 0 saturated carbocycles. The van der Waals surface area contributed by atoms with Gasteiger partial charge in [0.1, 0.15) is 25.8 Å². The van der Waals surface area contributed by atoms with E-state index in [9.17, 15) is 17.6 Å². The Labute approximate surface area is 177 Å². The summed E-state index contributed by atoms with van der Waals surface area (Å²) in [6.07, 6.45) is 1.09. The number of hydrogen-bond acceptors (Lipinski definition) is 3. The molecule has 1 atom stereocenters. The van der Waals surface area contributed by atoms with Crippen LogP contribution in [0.4, 0.5) is 17.6 Å². The highest BCUT2D eigenvalue weighted by molar-refractivity contribution is 7.98. The topological polar surface area (TPSA) is 21.6 Å². The summed E-state index contributed by atoms with van der Waals surface area (Å²) < 4.78 is 58.8. The quantitative estimate of drug-likeness (QED) is 0.208. The van der Waals surface area contributed by atoms with E-state index >= 15 is 0 Å². The van der Waals surface area contributed by atoms with Gasteiger partial charge in [-0.2, -0.15) is 11.8 Å². The minimum Gasteiger partial charge on any atom is -0.415 e. The van der Waals surface area contributed by atoms with Crippen molar-refractivity contribution in [2.24, 2.45) is 10.4 Å². The molecule has 1 aromatic carbocycles. The van der Waals surface area contributed by atoms with Crippen LogP contribution < -0.4 is 0 Å². The fraction of sp³-hybridized carbons (Fsp3) is 0.667. The third-order valence-corrected chi connectivity index (χ3v) is 11.0. The number of hydrogen-bond donors (Lipinski definition) is 0. The molecule has 0 N–H and O–H groups in total. The maximum Gasteiger partial charge on any atom is 0.192 e. The Bertz CT molecular complexity index is 622. The summed E-state index contributed by atoms with van der Waals surface area (Å²) in [6, 6.07) is 5.90. The lowest BCUT2D eigenvalue weighted by Crippen LogP contribution is -2.43. The van der Waals surface area contributed by atoms with Gasteiger partial charge in [0.15, 0.2) is 8.32 Å². The second kappa shape index (κ2) is 11.5. The molecule has 8 heteroatoms. The van der Waals surface area contributed by atoms with Crippen LogP contribution in [0.5, 0.6) is 0 Å². The molecule has 0 heterocycles. The van der Waals surface area contributed by atoms with E-state index in [0.29, 0.717) is 18.1 Å². The lowest BCUT2D eigenvalue weighted by atomic mass is 9.95. The molecule has 0 aromatic heterocycles. The van der Waals surface area contributed by atoms with Gasteiger partial charge in [-0.1, -0.05) is 32.9 Å². The molecule has 0 aliphatic heterocycles. The fourth-order valence-electron chi connectivity index (χ4n) is 2.02. The van der Waals surface area contributed by atoms with E-state index in [1.807, 2.05) is 0 Å². The molecule has 29 heavy (non-hydrogen) atoms. The van der Waals surface area contributed by atoms with Crippen molar-refractivity contribution in [2.75, 3.05) is 32.4 Å². The first-order chi connectivity index (χ1) is 13.5. The van der Waals surface area contributed by atoms with Crippen LogP contribution in [0.2, 0.25) is 18.1 Å². The predicted octanol–water partition coefficient (Wildman–Crippen LogP) is 6.42. The average molecular weight is 452 g/mol. The Balaban J connectivity index is 2.82. The number of halogens is 4. The summed E-state index contributed by atoms with van der Waals surface area (Å²) in [4.78, 5) is 4.31. The number of aliphatic imine (C=N–C) groups is 1. The number of alkyl halides is 3. The van der Waals surface area contributed by atoms with Crippen molar-refractivity contribution in [1.82, 2.24) is 0 Å². The molecule has 0 amide bonds. The molecular formula is C21H33F4NOSSi. The van der Waals surface area contributed by atoms with Gasteiger partial charge in [0.05, 0.1) is 18.1 Å². The van der Waals surface area contributed by atoms with E-state index in [0.717, 1.165) is 11.8 Å². The van der Waals surface area contributed by atoms with Crippen LogP contribution in [0.25, 0.3) is 0 Å². The molecule has 0 fully saturated rings. The molecule has 0 radical (unpaired) electrons. The second-order valence-electron chi connectivity index (χ2n) is 8.91. The van der Waals surface area contributed by atoms with Crippen molar-refractivity contribution in [3.8, 4) is 0 Å². The van der Waals surface area contributed by atoms with Crippen molar-refractivity contribution in [2.45, 2.75) is 50.7 Å². The second-order valence-corrected chi connectivity index (χ2v) is 14.7. The summed E-state index contributed by atoms with van der Waals surface area (Å²) in [6.45, 7) is 7.52. The smallest absolute Gasteiger partial charge is 0.192 e. The zero-order chi connectivity index (χ0) is 22.1. The Morgan fingerprint density at radius 1 is 1.07 bits per heavy atom. The van der Waals surface area contributed by atoms with E-state index in [4.69, 9.17) is 4.43 Å². The first kappa shape index (κ1) is 26.2. The minimum atomic E-state index is -2.02. The lowest BCUT2D eigenvalue weighted by Gasteiger charge is -2.37. The van der Waals surface area contributed by atoms with Crippen molar-refractivity contribution in [3.63, 3.8) is 0 Å². The molecule has 0 spiro atoms. The van der Waals surface area contributed by atoms with Gasteiger partial charge in [-0.25, -0.2) is 17.6 Å². The lowest BCUT2D eigenvalue weighted by molar-refractivity contribution is 0.187. The molecule has 1 unspecified atom stereocenters. The summed E-state index contributed by atoms with van der Waals surface area (Å²) in [5.74, 6) is 0.903. The molecule has 166 valence electrons. The summed E-state index contributed by atoms with van der Waals surface area (Å²) in [5, 5.41) is 0.0170. The number of thioether (sulfide) groups is 1. The van der Waals surface area contributed by atoms with E-state index < -0.39 is 33.8 Å². The minimum absolute atomic E-state index is 0.0170. The van der Waals surface area contributed by atoms with Crippen LogP contribution in [0, 0.1) is 11.2 Å². The largest absolute Gasteiger partial charge is 0.415 e. The van der Waals surface area contributed by atoms with Crippen molar-refractivity contribution in [1.29, 1.82) is 0 Å². The van der Waals surface area contributed by atoms with E-state index in [1.54, 1.807) is 23.9 Å². The van der Waals surface area contributed by atoms with Gasteiger partial charge in [-0.3, -0.25) is 4.99 Å². The van der Waals surface area contributed by atoms with Gasteiger partial charge in [-0.05, 0) is 35.8 Å². The molecule has 0 bridgehead atoms.